The van der Waals surface area contributed by atoms with Gasteiger partial charge in [0.1, 0.15) is 16.7 Å². The van der Waals surface area contributed by atoms with Crippen LogP contribution >= 0.6 is 11.8 Å². The Morgan fingerprint density at radius 3 is 2.56 bits per heavy atom. The van der Waals surface area contributed by atoms with Crippen molar-refractivity contribution in [1.29, 1.82) is 5.41 Å². The van der Waals surface area contributed by atoms with Gasteiger partial charge in [-0.2, -0.15) is 0 Å². The molecule has 6 nitrogen and oxygen atoms in total. The first-order valence-corrected chi connectivity index (χ1v) is 11.1. The van der Waals surface area contributed by atoms with Crippen LogP contribution in [0.2, 0.25) is 0 Å². The summed E-state index contributed by atoms with van der Waals surface area (Å²) in [5.41, 5.74) is 9.85. The van der Waals surface area contributed by atoms with E-state index in [2.05, 4.69) is 15.3 Å². The summed E-state index contributed by atoms with van der Waals surface area (Å²) in [6.45, 7) is 1.78. The predicted octanol–water partition coefficient (Wildman–Crippen LogP) is 5.64. The van der Waals surface area contributed by atoms with E-state index < -0.39 is 11.6 Å². The quantitative estimate of drug-likeness (QED) is 0.221. The number of halogens is 2. The zero-order valence-corrected chi connectivity index (χ0v) is 19.0. The van der Waals surface area contributed by atoms with Crippen LogP contribution in [0.3, 0.4) is 0 Å². The lowest BCUT2D eigenvalue weighted by Gasteiger charge is -2.07. The van der Waals surface area contributed by atoms with Gasteiger partial charge in [0, 0.05) is 52.5 Å². The van der Waals surface area contributed by atoms with Crippen LogP contribution in [-0.2, 0) is 11.3 Å². The van der Waals surface area contributed by atoms with Crippen LogP contribution in [0.1, 0.15) is 18.1 Å². The third-order valence-electron chi connectivity index (χ3n) is 5.06. The molecule has 1 heterocycles. The van der Waals surface area contributed by atoms with Gasteiger partial charge in [0.2, 0.25) is 5.91 Å². The van der Waals surface area contributed by atoms with Gasteiger partial charge >= 0.3 is 0 Å². The number of carbonyl (C=O) groups is 1. The number of amidine groups is 1. The van der Waals surface area contributed by atoms with E-state index >= 15 is 0 Å². The topological polar surface area (TPSA) is 107 Å². The van der Waals surface area contributed by atoms with Gasteiger partial charge in [-0.3, -0.25) is 15.2 Å². The fourth-order valence-corrected chi connectivity index (χ4v) is 4.04. The molecule has 1 aromatic heterocycles. The molecule has 0 aliphatic heterocycles. The van der Waals surface area contributed by atoms with Gasteiger partial charge in [-0.15, -0.1) is 0 Å². The number of amides is 1. The molecule has 0 fully saturated rings. The first-order chi connectivity index (χ1) is 16.3. The summed E-state index contributed by atoms with van der Waals surface area (Å²) in [6.07, 6.45) is 1.66. The highest BCUT2D eigenvalue weighted by Gasteiger charge is 2.14. The summed E-state index contributed by atoms with van der Waals surface area (Å²) in [4.78, 5) is 18.5. The standard InChI is InChI=1S/C25H21F2N5OS/c1-14(33)32-18-6-2-15(3-7-18)12-31-25(29)34-24(28)16-4-9-23-20(10-16)21(13-30-23)19-8-5-17(26)11-22(19)27/h2-11,13,28,30H,12H2,1H3,(H2,29,31)(H,32,33). The molecular weight excluding hydrogens is 456 g/mol. The molecule has 1 amide bonds. The minimum absolute atomic E-state index is 0.141. The number of carbonyl (C=O) groups excluding carboxylic acids is 1. The highest BCUT2D eigenvalue weighted by atomic mass is 32.2. The number of nitrogens with two attached hydrogens (primary N) is 1. The number of aromatic nitrogens is 1. The molecule has 4 rings (SSSR count). The van der Waals surface area contributed by atoms with Crippen LogP contribution < -0.4 is 11.1 Å². The Morgan fingerprint density at radius 2 is 1.85 bits per heavy atom. The minimum atomic E-state index is -0.655. The summed E-state index contributed by atoms with van der Waals surface area (Å²) in [5.74, 6) is -1.44. The Hall–Kier alpha value is -3.98. The monoisotopic (exact) mass is 477 g/mol. The first-order valence-electron chi connectivity index (χ1n) is 10.3. The molecule has 0 aliphatic rings. The molecule has 172 valence electrons. The maximum Gasteiger partial charge on any atom is 0.221 e. The van der Waals surface area contributed by atoms with Crippen LogP contribution in [0, 0.1) is 17.0 Å². The van der Waals surface area contributed by atoms with Crippen molar-refractivity contribution in [3.8, 4) is 11.1 Å². The predicted molar refractivity (Wildman–Crippen MR) is 134 cm³/mol. The second-order valence-corrected chi connectivity index (χ2v) is 8.58. The van der Waals surface area contributed by atoms with Crippen LogP contribution in [0.25, 0.3) is 22.0 Å². The fraction of sp³-hybridized carbons (Fsp3) is 0.0800. The van der Waals surface area contributed by atoms with E-state index in [0.29, 0.717) is 28.7 Å². The summed E-state index contributed by atoms with van der Waals surface area (Å²) >= 11 is 1.02. The Morgan fingerprint density at radius 1 is 1.09 bits per heavy atom. The van der Waals surface area contributed by atoms with Crippen molar-refractivity contribution in [1.82, 2.24) is 4.98 Å². The van der Waals surface area contributed by atoms with Gasteiger partial charge in [0.15, 0.2) is 5.17 Å². The average molecular weight is 478 g/mol. The van der Waals surface area contributed by atoms with E-state index in [0.717, 1.165) is 28.9 Å². The number of thioether (sulfide) groups is 1. The van der Waals surface area contributed by atoms with Crippen LogP contribution in [0.4, 0.5) is 14.5 Å². The molecule has 5 N–H and O–H groups in total. The van der Waals surface area contributed by atoms with Gasteiger partial charge in [-0.05, 0) is 53.7 Å². The first kappa shape index (κ1) is 23.2. The highest BCUT2D eigenvalue weighted by molar-refractivity contribution is 8.26. The van der Waals surface area contributed by atoms with Crippen LogP contribution in [0.15, 0.2) is 71.9 Å². The lowest BCUT2D eigenvalue weighted by atomic mass is 10.0. The van der Waals surface area contributed by atoms with Crippen molar-refractivity contribution in [2.24, 2.45) is 10.7 Å². The molecule has 0 saturated carbocycles. The number of rotatable bonds is 5. The lowest BCUT2D eigenvalue weighted by molar-refractivity contribution is -0.114. The van der Waals surface area contributed by atoms with E-state index in [4.69, 9.17) is 11.1 Å². The van der Waals surface area contributed by atoms with Gasteiger partial charge in [-0.25, -0.2) is 8.78 Å². The number of anilines is 1. The summed E-state index contributed by atoms with van der Waals surface area (Å²) < 4.78 is 27.6. The number of aromatic amines is 1. The second kappa shape index (κ2) is 9.88. The molecule has 9 heteroatoms. The van der Waals surface area contributed by atoms with Crippen LogP contribution in [-0.4, -0.2) is 21.1 Å². The number of nitrogens with one attached hydrogen (secondary N) is 3. The van der Waals surface area contributed by atoms with E-state index in [9.17, 15) is 13.6 Å². The molecule has 0 spiro atoms. The summed E-state index contributed by atoms with van der Waals surface area (Å²) in [6, 6.07) is 16.0. The Balaban J connectivity index is 1.48. The van der Waals surface area contributed by atoms with Crippen molar-refractivity contribution >= 4 is 44.5 Å². The SMILES string of the molecule is CC(=O)Nc1ccc(CN=C(N)SC(=N)c2ccc3[nH]cc(-c4ccc(F)cc4F)c3c2)cc1. The van der Waals surface area contributed by atoms with E-state index in [1.807, 2.05) is 12.1 Å². The van der Waals surface area contributed by atoms with E-state index in [1.54, 1.807) is 36.5 Å². The van der Waals surface area contributed by atoms with E-state index in [-0.39, 0.29) is 21.7 Å². The normalized spacial score (nSPS) is 11.6. The number of fused-ring (bicyclic) bond motifs is 1. The number of hydrogen-bond acceptors (Lipinski definition) is 4. The maximum absolute atomic E-state index is 14.3. The van der Waals surface area contributed by atoms with Crippen molar-refractivity contribution in [3.05, 3.63) is 89.6 Å². The number of aliphatic imine (C=N–C) groups is 1. The number of H-pyrrole nitrogens is 1. The molecule has 34 heavy (non-hydrogen) atoms. The summed E-state index contributed by atoms with van der Waals surface area (Å²) in [5, 5.41) is 12.3. The fourth-order valence-electron chi connectivity index (χ4n) is 3.45. The van der Waals surface area contributed by atoms with Crippen molar-refractivity contribution < 1.29 is 13.6 Å². The maximum atomic E-state index is 14.3. The van der Waals surface area contributed by atoms with Gasteiger partial charge in [0.05, 0.1) is 6.54 Å². The molecular formula is C25H21F2N5OS. The second-order valence-electron chi connectivity index (χ2n) is 7.55. The number of nitrogens with zero attached hydrogens (tertiary/aromatic N) is 1. The zero-order valence-electron chi connectivity index (χ0n) is 18.2. The zero-order chi connectivity index (χ0) is 24.2. The van der Waals surface area contributed by atoms with Gasteiger partial charge < -0.3 is 16.0 Å². The molecule has 0 radical (unpaired) electrons. The van der Waals surface area contributed by atoms with E-state index in [1.165, 1.54) is 19.1 Å². The highest BCUT2D eigenvalue weighted by Crippen LogP contribution is 2.32. The number of hydrogen-bond donors (Lipinski definition) is 4. The Kier molecular flexibility index (Phi) is 6.74. The van der Waals surface area contributed by atoms with Crippen molar-refractivity contribution in [2.45, 2.75) is 13.5 Å². The Bertz CT molecular complexity index is 1410. The third kappa shape index (κ3) is 5.32. The lowest BCUT2D eigenvalue weighted by Crippen LogP contribution is -2.11. The Labute approximate surface area is 198 Å². The van der Waals surface area contributed by atoms with Gasteiger partial charge in [-0.1, -0.05) is 18.2 Å². The molecule has 0 atom stereocenters. The molecule has 3 aromatic carbocycles. The molecule has 0 unspecified atom stereocenters. The van der Waals surface area contributed by atoms with Crippen molar-refractivity contribution in [3.63, 3.8) is 0 Å². The number of benzene rings is 3. The minimum Gasteiger partial charge on any atom is -0.378 e. The summed E-state index contributed by atoms with van der Waals surface area (Å²) in [7, 11) is 0. The van der Waals surface area contributed by atoms with Gasteiger partial charge in [0.25, 0.3) is 0 Å². The van der Waals surface area contributed by atoms with Crippen LogP contribution in [0.5, 0.6) is 0 Å². The molecule has 0 bridgehead atoms. The van der Waals surface area contributed by atoms with Crippen molar-refractivity contribution in [2.75, 3.05) is 5.32 Å². The molecule has 0 aliphatic carbocycles. The molecule has 4 aromatic rings. The average Bonchev–Trinajstić information content (AvgIpc) is 3.21. The largest absolute Gasteiger partial charge is 0.378 e. The smallest absolute Gasteiger partial charge is 0.221 e. The molecule has 0 saturated heterocycles. The third-order valence-corrected chi connectivity index (χ3v) is 5.84.